The fourth-order valence-electron chi connectivity index (χ4n) is 10.4. The van der Waals surface area contributed by atoms with Crippen molar-refractivity contribution >= 4 is 151 Å². The third kappa shape index (κ3) is 6.00. The first-order chi connectivity index (χ1) is 32.7. The van der Waals surface area contributed by atoms with Crippen molar-refractivity contribution < 1.29 is 0 Å². The van der Waals surface area contributed by atoms with E-state index in [2.05, 4.69) is 240 Å². The van der Waals surface area contributed by atoms with Crippen LogP contribution in [0.3, 0.4) is 0 Å². The molecule has 2 heterocycles. The molecule has 14 aromatic rings. The number of benzene rings is 12. The SMILES string of the molecule is c1ccc2cc(N(c3ccc4ccccc4c3)c3ccc4c(c3)sc3ccc5c(ccc6sc7cc(N(c8ccc9ccccc9c8)c8ccc9ccccc9c8)ccc7c65)c34)ccc2c1. The highest BCUT2D eigenvalue weighted by Gasteiger charge is 2.20. The normalized spacial score (nSPS) is 11.9. The summed E-state index contributed by atoms with van der Waals surface area (Å²) >= 11 is 3.77. The van der Waals surface area contributed by atoms with E-state index in [0.717, 1.165) is 34.1 Å². The van der Waals surface area contributed by atoms with Crippen molar-refractivity contribution in [3.8, 4) is 0 Å². The number of rotatable bonds is 6. The number of nitrogens with zero attached hydrogens (tertiary/aromatic N) is 2. The quantitative estimate of drug-likeness (QED) is 0.164. The molecule has 0 amide bonds. The van der Waals surface area contributed by atoms with Gasteiger partial charge >= 0.3 is 0 Å². The first kappa shape index (κ1) is 37.4. The van der Waals surface area contributed by atoms with Crippen LogP contribution in [0, 0.1) is 0 Å². The maximum atomic E-state index is 2.41. The summed E-state index contributed by atoms with van der Waals surface area (Å²) < 4.78 is 5.17. The van der Waals surface area contributed by atoms with Crippen molar-refractivity contribution in [1.82, 2.24) is 0 Å². The van der Waals surface area contributed by atoms with Crippen molar-refractivity contribution in [2.75, 3.05) is 9.80 Å². The summed E-state index contributed by atoms with van der Waals surface area (Å²) in [5.74, 6) is 0. The summed E-state index contributed by atoms with van der Waals surface area (Å²) in [6, 6.07) is 85.3. The van der Waals surface area contributed by atoms with Gasteiger partial charge in [-0.2, -0.15) is 0 Å². The fourth-order valence-corrected chi connectivity index (χ4v) is 12.7. The van der Waals surface area contributed by atoms with Crippen LogP contribution < -0.4 is 9.80 Å². The Morgan fingerprint density at radius 3 is 0.818 bits per heavy atom. The van der Waals surface area contributed by atoms with E-state index >= 15 is 0 Å². The van der Waals surface area contributed by atoms with Crippen molar-refractivity contribution in [3.63, 3.8) is 0 Å². The second kappa shape index (κ2) is 14.8. The highest BCUT2D eigenvalue weighted by Crippen LogP contribution is 2.48. The minimum atomic E-state index is 1.14. The highest BCUT2D eigenvalue weighted by atomic mass is 32.1. The molecule has 0 fully saturated rings. The van der Waals surface area contributed by atoms with Crippen LogP contribution in [0.4, 0.5) is 34.1 Å². The van der Waals surface area contributed by atoms with Crippen LogP contribution in [-0.4, -0.2) is 0 Å². The lowest BCUT2D eigenvalue weighted by molar-refractivity contribution is 1.30. The molecule has 2 nitrogen and oxygen atoms in total. The first-order valence-electron chi connectivity index (χ1n) is 22.5. The Labute approximate surface area is 389 Å². The van der Waals surface area contributed by atoms with Gasteiger partial charge < -0.3 is 9.80 Å². The van der Waals surface area contributed by atoms with Crippen LogP contribution >= 0.6 is 22.7 Å². The molecule has 0 spiro atoms. The fraction of sp³-hybridized carbons (Fsp3) is 0. The number of anilines is 6. The summed E-state index contributed by atoms with van der Waals surface area (Å²) in [5, 5.41) is 17.7. The summed E-state index contributed by atoms with van der Waals surface area (Å²) in [5.41, 5.74) is 6.86. The van der Waals surface area contributed by atoms with E-state index < -0.39 is 0 Å². The van der Waals surface area contributed by atoms with Crippen LogP contribution in [0.15, 0.2) is 231 Å². The molecule has 0 atom stereocenters. The topological polar surface area (TPSA) is 6.48 Å². The molecular formula is C62H38N2S2. The third-order valence-corrected chi connectivity index (χ3v) is 15.8. The standard InChI is InChI=1S/C62H38N2S2/c1-5-13-43-33-47(21-17-39(43)9-1)63(48-22-18-40-10-2-6-14-44(40)34-48)51-25-27-55-59(37-51)65-57-31-29-54-53(61(55)57)30-32-58-62(54)56-28-26-52(38-60(56)66-58)64(49-23-19-41-11-3-7-15-45(41)35-49)50-24-20-42-12-4-8-16-46(42)36-50/h1-38H. The van der Waals surface area contributed by atoms with Crippen LogP contribution in [0.2, 0.25) is 0 Å². The van der Waals surface area contributed by atoms with Crippen LogP contribution in [0.1, 0.15) is 0 Å². The smallest absolute Gasteiger partial charge is 0.0476 e. The van der Waals surface area contributed by atoms with E-state index in [4.69, 9.17) is 0 Å². The molecule has 0 aliphatic heterocycles. The summed E-state index contributed by atoms with van der Waals surface area (Å²) in [6.45, 7) is 0. The second-order valence-corrected chi connectivity index (χ2v) is 19.5. The molecule has 4 heteroatoms. The Bertz CT molecular complexity index is 3840. The molecule has 0 aliphatic rings. The summed E-state index contributed by atoms with van der Waals surface area (Å²) in [4.78, 5) is 4.83. The van der Waals surface area contributed by atoms with E-state index in [-0.39, 0.29) is 0 Å². The zero-order chi connectivity index (χ0) is 43.3. The zero-order valence-corrected chi connectivity index (χ0v) is 37.3. The second-order valence-electron chi connectivity index (χ2n) is 17.3. The Kier molecular flexibility index (Phi) is 8.36. The lowest BCUT2D eigenvalue weighted by Crippen LogP contribution is -2.09. The largest absolute Gasteiger partial charge is 0.310 e. The predicted octanol–water partition coefficient (Wildman–Crippen LogP) is 19.1. The van der Waals surface area contributed by atoms with Gasteiger partial charge in [0.25, 0.3) is 0 Å². The Balaban J connectivity index is 0.908. The van der Waals surface area contributed by atoms with Crippen LogP contribution in [-0.2, 0) is 0 Å². The van der Waals surface area contributed by atoms with Crippen molar-refractivity contribution in [2.24, 2.45) is 0 Å². The van der Waals surface area contributed by atoms with Crippen LogP contribution in [0.5, 0.6) is 0 Å². The molecule has 0 unspecified atom stereocenters. The number of hydrogen-bond acceptors (Lipinski definition) is 4. The molecule has 14 rings (SSSR count). The Morgan fingerprint density at radius 1 is 0.212 bits per heavy atom. The summed E-state index contributed by atoms with van der Waals surface area (Å²) in [6.07, 6.45) is 0. The average Bonchev–Trinajstić information content (AvgIpc) is 3.94. The molecule has 308 valence electrons. The average molecular weight is 875 g/mol. The number of thiophene rings is 2. The molecule has 0 bridgehead atoms. The van der Waals surface area contributed by atoms with E-state index in [0.29, 0.717) is 0 Å². The van der Waals surface area contributed by atoms with Gasteiger partial charge in [0, 0.05) is 74.5 Å². The van der Waals surface area contributed by atoms with Crippen molar-refractivity contribution in [3.05, 3.63) is 231 Å². The monoisotopic (exact) mass is 874 g/mol. The maximum absolute atomic E-state index is 2.41. The van der Waals surface area contributed by atoms with E-state index in [9.17, 15) is 0 Å². The zero-order valence-electron chi connectivity index (χ0n) is 35.7. The van der Waals surface area contributed by atoms with Crippen LogP contribution in [0.25, 0.3) is 94.2 Å². The Morgan fingerprint density at radius 2 is 0.485 bits per heavy atom. The Hall–Kier alpha value is -8.02. The first-order valence-corrected chi connectivity index (χ1v) is 24.1. The van der Waals surface area contributed by atoms with Gasteiger partial charge in [-0.3, -0.25) is 0 Å². The third-order valence-electron chi connectivity index (χ3n) is 13.5. The van der Waals surface area contributed by atoms with Gasteiger partial charge in [0.05, 0.1) is 0 Å². The minimum absolute atomic E-state index is 1.14. The minimum Gasteiger partial charge on any atom is -0.310 e. The number of hydrogen-bond donors (Lipinski definition) is 0. The molecule has 0 saturated carbocycles. The van der Waals surface area contributed by atoms with Gasteiger partial charge in [-0.05, 0) is 139 Å². The van der Waals surface area contributed by atoms with Crippen molar-refractivity contribution in [2.45, 2.75) is 0 Å². The van der Waals surface area contributed by atoms with E-state index in [1.54, 1.807) is 0 Å². The van der Waals surface area contributed by atoms with Gasteiger partial charge in [-0.25, -0.2) is 0 Å². The molecule has 0 saturated heterocycles. The highest BCUT2D eigenvalue weighted by molar-refractivity contribution is 7.26. The molecule has 0 N–H and O–H groups in total. The molecular weight excluding hydrogens is 837 g/mol. The van der Waals surface area contributed by atoms with Gasteiger partial charge in [0.1, 0.15) is 0 Å². The lowest BCUT2D eigenvalue weighted by Gasteiger charge is -2.26. The van der Waals surface area contributed by atoms with Crippen molar-refractivity contribution in [1.29, 1.82) is 0 Å². The van der Waals surface area contributed by atoms with E-state index in [1.807, 2.05) is 22.7 Å². The molecule has 2 aromatic heterocycles. The molecule has 12 aromatic carbocycles. The van der Waals surface area contributed by atoms with Gasteiger partial charge in [-0.15, -0.1) is 22.7 Å². The molecule has 0 aliphatic carbocycles. The predicted molar refractivity (Wildman–Crippen MR) is 289 cm³/mol. The number of fused-ring (bicyclic) bond motifs is 13. The van der Waals surface area contributed by atoms with Gasteiger partial charge in [-0.1, -0.05) is 146 Å². The maximum Gasteiger partial charge on any atom is 0.0476 e. The molecule has 66 heavy (non-hydrogen) atoms. The molecule has 0 radical (unpaired) electrons. The lowest BCUT2D eigenvalue weighted by atomic mass is 9.99. The van der Waals surface area contributed by atoms with Gasteiger partial charge in [0.2, 0.25) is 0 Å². The van der Waals surface area contributed by atoms with Gasteiger partial charge in [0.15, 0.2) is 0 Å². The van der Waals surface area contributed by atoms with E-state index in [1.165, 1.54) is 94.2 Å². The summed E-state index contributed by atoms with van der Waals surface area (Å²) in [7, 11) is 0.